The summed E-state index contributed by atoms with van der Waals surface area (Å²) in [6.07, 6.45) is 1.56. The molecule has 1 N–H and O–H groups in total. The first-order chi connectivity index (χ1) is 16.4. The number of hydrogen-bond donors (Lipinski definition) is 1. The molecule has 1 amide bonds. The van der Waals surface area contributed by atoms with E-state index in [1.54, 1.807) is 30.5 Å². The fourth-order valence-corrected chi connectivity index (χ4v) is 4.81. The van der Waals surface area contributed by atoms with Gasteiger partial charge in [0.05, 0.1) is 22.1 Å². The zero-order chi connectivity index (χ0) is 24.5. The standard InChI is InChI=1S/C24H20Cl3IN2O3S/c1-2-32-22-10-15(12-29-30-23(31)14-34-19-7-5-17(25)6-8-19)9-21(28)24(22)33-13-16-3-4-18(26)11-20(16)27/h3-12H,2,13-14H2,1H3,(H,30,31)/b29-12-. The molecule has 0 aliphatic carbocycles. The average Bonchev–Trinajstić information content (AvgIpc) is 2.79. The van der Waals surface area contributed by atoms with Crippen molar-refractivity contribution in [2.75, 3.05) is 12.4 Å². The number of rotatable bonds is 10. The van der Waals surface area contributed by atoms with Crippen molar-refractivity contribution in [3.63, 3.8) is 0 Å². The van der Waals surface area contributed by atoms with Gasteiger partial charge in [0.2, 0.25) is 5.91 Å². The molecule has 3 aromatic carbocycles. The number of carbonyl (C=O) groups excluding carboxylic acids is 1. The Labute approximate surface area is 231 Å². The summed E-state index contributed by atoms with van der Waals surface area (Å²) in [5.74, 6) is 1.20. The Bertz CT molecular complexity index is 1180. The van der Waals surface area contributed by atoms with Crippen LogP contribution in [-0.4, -0.2) is 24.5 Å². The summed E-state index contributed by atoms with van der Waals surface area (Å²) in [5, 5.41) is 5.83. The van der Waals surface area contributed by atoms with Crippen LogP contribution in [0, 0.1) is 3.57 Å². The van der Waals surface area contributed by atoms with Crippen LogP contribution in [0.25, 0.3) is 0 Å². The van der Waals surface area contributed by atoms with Crippen molar-refractivity contribution in [1.82, 2.24) is 5.43 Å². The molecule has 0 unspecified atom stereocenters. The molecule has 0 aliphatic heterocycles. The third kappa shape index (κ3) is 8.23. The van der Waals surface area contributed by atoms with E-state index in [0.29, 0.717) is 33.2 Å². The van der Waals surface area contributed by atoms with Crippen molar-refractivity contribution in [3.05, 3.63) is 84.4 Å². The highest BCUT2D eigenvalue weighted by Crippen LogP contribution is 2.35. The van der Waals surface area contributed by atoms with Crippen LogP contribution in [-0.2, 0) is 11.4 Å². The summed E-state index contributed by atoms with van der Waals surface area (Å²) in [6, 6.07) is 16.3. The van der Waals surface area contributed by atoms with E-state index >= 15 is 0 Å². The molecule has 0 atom stereocenters. The SMILES string of the molecule is CCOc1cc(/C=N\NC(=O)CSc2ccc(Cl)cc2)cc(I)c1OCc1ccc(Cl)cc1Cl. The number of thioether (sulfide) groups is 1. The van der Waals surface area contributed by atoms with Gasteiger partial charge in [0.15, 0.2) is 11.5 Å². The Balaban J connectivity index is 1.62. The maximum atomic E-state index is 12.1. The first-order valence-corrected chi connectivity index (χ1v) is 13.3. The molecule has 3 rings (SSSR count). The number of benzene rings is 3. The van der Waals surface area contributed by atoms with Crippen LogP contribution in [0.2, 0.25) is 15.1 Å². The lowest BCUT2D eigenvalue weighted by atomic mass is 10.2. The average molecular weight is 650 g/mol. The van der Waals surface area contributed by atoms with Crippen molar-refractivity contribution < 1.29 is 14.3 Å². The van der Waals surface area contributed by atoms with Crippen LogP contribution in [0.15, 0.2) is 64.6 Å². The van der Waals surface area contributed by atoms with Gasteiger partial charge >= 0.3 is 0 Å². The Morgan fingerprint density at radius 2 is 1.79 bits per heavy atom. The monoisotopic (exact) mass is 648 g/mol. The molecule has 0 saturated carbocycles. The summed E-state index contributed by atoms with van der Waals surface area (Å²) in [7, 11) is 0. The molecule has 5 nitrogen and oxygen atoms in total. The molecule has 0 heterocycles. The molecule has 10 heteroatoms. The molecule has 0 radical (unpaired) electrons. The molecule has 0 spiro atoms. The molecule has 0 bridgehead atoms. The number of ether oxygens (including phenoxy) is 2. The second kappa shape index (κ2) is 13.4. The highest BCUT2D eigenvalue weighted by Gasteiger charge is 2.13. The lowest BCUT2D eigenvalue weighted by Gasteiger charge is -2.15. The number of amides is 1. The van der Waals surface area contributed by atoms with E-state index in [4.69, 9.17) is 44.3 Å². The van der Waals surface area contributed by atoms with Crippen molar-refractivity contribution in [2.24, 2.45) is 5.10 Å². The van der Waals surface area contributed by atoms with E-state index in [1.165, 1.54) is 11.8 Å². The Morgan fingerprint density at radius 1 is 1.06 bits per heavy atom. The third-order valence-electron chi connectivity index (χ3n) is 4.31. The minimum absolute atomic E-state index is 0.212. The number of hydrogen-bond acceptors (Lipinski definition) is 5. The normalized spacial score (nSPS) is 11.0. The predicted molar refractivity (Wildman–Crippen MR) is 149 cm³/mol. The van der Waals surface area contributed by atoms with Gasteiger partial charge in [0.1, 0.15) is 6.61 Å². The van der Waals surface area contributed by atoms with Crippen molar-refractivity contribution in [2.45, 2.75) is 18.4 Å². The Morgan fingerprint density at radius 3 is 2.50 bits per heavy atom. The lowest BCUT2D eigenvalue weighted by Crippen LogP contribution is -2.19. The van der Waals surface area contributed by atoms with Crippen LogP contribution in [0.5, 0.6) is 11.5 Å². The van der Waals surface area contributed by atoms with Gasteiger partial charge in [-0.05, 0) is 83.6 Å². The maximum absolute atomic E-state index is 12.1. The van der Waals surface area contributed by atoms with Crippen LogP contribution >= 0.6 is 69.2 Å². The summed E-state index contributed by atoms with van der Waals surface area (Å²) in [6.45, 7) is 2.63. The summed E-state index contributed by atoms with van der Waals surface area (Å²) in [4.78, 5) is 13.0. The molecule has 34 heavy (non-hydrogen) atoms. The number of nitrogens with zero attached hydrogens (tertiary/aromatic N) is 1. The van der Waals surface area contributed by atoms with E-state index in [2.05, 4.69) is 33.1 Å². The minimum atomic E-state index is -0.212. The Hall–Kier alpha value is -1.65. The molecule has 0 aliphatic rings. The third-order valence-corrected chi connectivity index (χ3v) is 6.96. The zero-order valence-electron chi connectivity index (χ0n) is 18.0. The summed E-state index contributed by atoms with van der Waals surface area (Å²) >= 11 is 21.7. The Kier molecular flexibility index (Phi) is 10.7. The minimum Gasteiger partial charge on any atom is -0.490 e. The van der Waals surface area contributed by atoms with Crippen LogP contribution in [0.4, 0.5) is 0 Å². The fraction of sp³-hybridized carbons (Fsp3) is 0.167. The number of nitrogens with one attached hydrogen (secondary N) is 1. The van der Waals surface area contributed by atoms with Crippen molar-refractivity contribution >= 4 is 81.3 Å². The van der Waals surface area contributed by atoms with Gasteiger partial charge in [-0.15, -0.1) is 11.8 Å². The second-order valence-corrected chi connectivity index (χ2v) is 10.3. The van der Waals surface area contributed by atoms with Crippen LogP contribution in [0.3, 0.4) is 0 Å². The van der Waals surface area contributed by atoms with E-state index in [9.17, 15) is 4.79 Å². The van der Waals surface area contributed by atoms with Gasteiger partial charge in [-0.2, -0.15) is 5.10 Å². The number of carbonyl (C=O) groups is 1. The highest BCUT2D eigenvalue weighted by atomic mass is 127. The zero-order valence-corrected chi connectivity index (χ0v) is 23.2. The fourth-order valence-electron chi connectivity index (χ4n) is 2.74. The molecule has 3 aromatic rings. The number of hydrazone groups is 1. The van der Waals surface area contributed by atoms with Gasteiger partial charge in [-0.3, -0.25) is 4.79 Å². The topological polar surface area (TPSA) is 59.9 Å². The molecular formula is C24H20Cl3IN2O3S. The van der Waals surface area contributed by atoms with Crippen molar-refractivity contribution in [1.29, 1.82) is 0 Å². The molecule has 0 fully saturated rings. The van der Waals surface area contributed by atoms with Crippen molar-refractivity contribution in [3.8, 4) is 11.5 Å². The molecular weight excluding hydrogens is 630 g/mol. The molecule has 0 aromatic heterocycles. The maximum Gasteiger partial charge on any atom is 0.250 e. The second-order valence-electron chi connectivity index (χ2n) is 6.82. The van der Waals surface area contributed by atoms with Crippen LogP contribution < -0.4 is 14.9 Å². The first-order valence-electron chi connectivity index (χ1n) is 10.1. The van der Waals surface area contributed by atoms with E-state index in [0.717, 1.165) is 19.6 Å². The smallest absolute Gasteiger partial charge is 0.250 e. The highest BCUT2D eigenvalue weighted by molar-refractivity contribution is 14.1. The van der Waals surface area contributed by atoms with Crippen LogP contribution in [0.1, 0.15) is 18.1 Å². The number of halogens is 4. The van der Waals surface area contributed by atoms with E-state index < -0.39 is 0 Å². The molecule has 178 valence electrons. The van der Waals surface area contributed by atoms with E-state index in [1.807, 2.05) is 37.3 Å². The van der Waals surface area contributed by atoms with Gasteiger partial charge < -0.3 is 9.47 Å². The van der Waals surface area contributed by atoms with Gasteiger partial charge in [-0.25, -0.2) is 5.43 Å². The lowest BCUT2D eigenvalue weighted by molar-refractivity contribution is -0.118. The quantitative estimate of drug-likeness (QED) is 0.107. The van der Waals surface area contributed by atoms with Gasteiger partial charge in [-0.1, -0.05) is 40.9 Å². The first kappa shape index (κ1) is 26.9. The summed E-state index contributed by atoms with van der Waals surface area (Å²) < 4.78 is 12.6. The van der Waals surface area contributed by atoms with E-state index in [-0.39, 0.29) is 18.3 Å². The largest absolute Gasteiger partial charge is 0.490 e. The molecule has 0 saturated heterocycles. The predicted octanol–water partition coefficient (Wildman–Crippen LogP) is 7.47. The van der Waals surface area contributed by atoms with Gasteiger partial charge in [0, 0.05) is 25.5 Å². The van der Waals surface area contributed by atoms with Gasteiger partial charge in [0.25, 0.3) is 0 Å². The summed E-state index contributed by atoms with van der Waals surface area (Å²) in [5.41, 5.74) is 4.11.